The van der Waals surface area contributed by atoms with Crippen molar-refractivity contribution in [3.8, 4) is 0 Å². The minimum Gasteiger partial charge on any atom is -0.354 e. The lowest BCUT2D eigenvalue weighted by molar-refractivity contribution is -0.126. The summed E-state index contributed by atoms with van der Waals surface area (Å²) < 4.78 is 0. The Morgan fingerprint density at radius 1 is 1.26 bits per heavy atom. The lowest BCUT2D eigenvalue weighted by Crippen LogP contribution is -2.52. The highest BCUT2D eigenvalue weighted by atomic mass is 16.2. The van der Waals surface area contributed by atoms with Crippen LogP contribution >= 0.6 is 0 Å². The number of hydrogen-bond acceptors (Lipinski definition) is 3. The lowest BCUT2D eigenvalue weighted by atomic mass is 10.0. The minimum atomic E-state index is -0.00734. The van der Waals surface area contributed by atoms with Crippen molar-refractivity contribution in [1.82, 2.24) is 15.5 Å². The van der Waals surface area contributed by atoms with Gasteiger partial charge in [-0.05, 0) is 23.7 Å². The molecule has 1 aliphatic heterocycles. The third-order valence-corrected chi connectivity index (χ3v) is 5.88. The van der Waals surface area contributed by atoms with Crippen LogP contribution in [0.4, 0.5) is 0 Å². The standard InChI is InChI=1S/C15H29N3O/c1-11(18-8-6-16-7-9-18)13(19)17-10-12-14(2,3)15(12,4)5/h11-12,16H,6-10H2,1-5H3,(H,17,19). The molecule has 19 heavy (non-hydrogen) atoms. The van der Waals surface area contributed by atoms with Crippen molar-refractivity contribution in [3.63, 3.8) is 0 Å². The highest BCUT2D eigenvalue weighted by Gasteiger charge is 2.64. The first-order valence-corrected chi connectivity index (χ1v) is 7.51. The normalized spacial score (nSPS) is 27.8. The monoisotopic (exact) mass is 267 g/mol. The van der Waals surface area contributed by atoms with Crippen LogP contribution in [-0.2, 0) is 4.79 Å². The fraction of sp³-hybridized carbons (Fsp3) is 0.933. The first kappa shape index (κ1) is 14.8. The van der Waals surface area contributed by atoms with Crippen molar-refractivity contribution < 1.29 is 4.79 Å². The zero-order valence-electron chi connectivity index (χ0n) is 13.0. The molecule has 1 aliphatic carbocycles. The van der Waals surface area contributed by atoms with Gasteiger partial charge in [0, 0.05) is 32.7 Å². The van der Waals surface area contributed by atoms with Gasteiger partial charge in [0.05, 0.1) is 6.04 Å². The molecule has 1 saturated heterocycles. The van der Waals surface area contributed by atoms with E-state index in [0.717, 1.165) is 32.7 Å². The SMILES string of the molecule is CC(C(=O)NCC1C(C)(C)C1(C)C)N1CCNCC1. The molecule has 0 aromatic carbocycles. The van der Waals surface area contributed by atoms with Crippen molar-refractivity contribution in [2.24, 2.45) is 16.7 Å². The topological polar surface area (TPSA) is 44.4 Å². The Kier molecular flexibility index (Phi) is 3.94. The zero-order valence-corrected chi connectivity index (χ0v) is 13.0. The Bertz CT molecular complexity index is 331. The van der Waals surface area contributed by atoms with Crippen molar-refractivity contribution in [3.05, 3.63) is 0 Å². The van der Waals surface area contributed by atoms with Gasteiger partial charge in [-0.1, -0.05) is 27.7 Å². The van der Waals surface area contributed by atoms with Crippen LogP contribution in [0.1, 0.15) is 34.6 Å². The van der Waals surface area contributed by atoms with E-state index in [2.05, 4.69) is 43.2 Å². The van der Waals surface area contributed by atoms with Crippen molar-refractivity contribution in [2.75, 3.05) is 32.7 Å². The van der Waals surface area contributed by atoms with Gasteiger partial charge in [-0.15, -0.1) is 0 Å². The van der Waals surface area contributed by atoms with Gasteiger partial charge in [-0.2, -0.15) is 0 Å². The second-order valence-electron chi connectivity index (χ2n) is 7.20. The van der Waals surface area contributed by atoms with Crippen LogP contribution in [0.5, 0.6) is 0 Å². The molecular weight excluding hydrogens is 238 g/mol. The Hall–Kier alpha value is -0.610. The fourth-order valence-electron chi connectivity index (χ4n) is 3.43. The van der Waals surface area contributed by atoms with Crippen molar-refractivity contribution in [2.45, 2.75) is 40.7 Å². The number of nitrogens with one attached hydrogen (secondary N) is 2. The summed E-state index contributed by atoms with van der Waals surface area (Å²) >= 11 is 0. The van der Waals surface area contributed by atoms with E-state index in [1.54, 1.807) is 0 Å². The van der Waals surface area contributed by atoms with E-state index in [-0.39, 0.29) is 11.9 Å². The van der Waals surface area contributed by atoms with E-state index in [1.165, 1.54) is 0 Å². The van der Waals surface area contributed by atoms with E-state index in [4.69, 9.17) is 0 Å². The van der Waals surface area contributed by atoms with E-state index in [0.29, 0.717) is 16.7 Å². The van der Waals surface area contributed by atoms with E-state index >= 15 is 0 Å². The number of hydrogen-bond donors (Lipinski definition) is 2. The molecule has 2 N–H and O–H groups in total. The summed E-state index contributed by atoms with van der Waals surface area (Å²) in [6.07, 6.45) is 0. The lowest BCUT2D eigenvalue weighted by Gasteiger charge is -2.31. The molecule has 1 amide bonds. The summed E-state index contributed by atoms with van der Waals surface area (Å²) in [5, 5.41) is 6.47. The van der Waals surface area contributed by atoms with Crippen LogP contribution < -0.4 is 10.6 Å². The molecule has 4 nitrogen and oxygen atoms in total. The molecule has 4 heteroatoms. The molecule has 2 rings (SSSR count). The molecule has 1 saturated carbocycles. The first-order valence-electron chi connectivity index (χ1n) is 7.51. The van der Waals surface area contributed by atoms with E-state index < -0.39 is 0 Å². The fourth-order valence-corrected chi connectivity index (χ4v) is 3.43. The average molecular weight is 267 g/mol. The van der Waals surface area contributed by atoms with Gasteiger partial charge in [0.25, 0.3) is 0 Å². The Labute approximate surface area is 117 Å². The van der Waals surface area contributed by atoms with Gasteiger partial charge in [-0.25, -0.2) is 0 Å². The summed E-state index contributed by atoms with van der Waals surface area (Å²) in [6.45, 7) is 15.9. The zero-order chi connectivity index (χ0) is 14.3. The predicted molar refractivity (Wildman–Crippen MR) is 78.0 cm³/mol. The van der Waals surface area contributed by atoms with Gasteiger partial charge >= 0.3 is 0 Å². The number of carbonyl (C=O) groups excluding carboxylic acids is 1. The summed E-state index contributed by atoms with van der Waals surface area (Å²) in [5.74, 6) is 0.777. The Morgan fingerprint density at radius 2 is 1.79 bits per heavy atom. The minimum absolute atomic E-state index is 0.00734. The second-order valence-corrected chi connectivity index (χ2v) is 7.20. The van der Waals surface area contributed by atoms with Crippen LogP contribution in [0.3, 0.4) is 0 Å². The molecule has 0 bridgehead atoms. The maximum atomic E-state index is 12.2. The average Bonchev–Trinajstić information content (AvgIpc) is 2.77. The van der Waals surface area contributed by atoms with Crippen LogP contribution in [0.25, 0.3) is 0 Å². The molecule has 1 heterocycles. The van der Waals surface area contributed by atoms with Crippen molar-refractivity contribution >= 4 is 5.91 Å². The van der Waals surface area contributed by atoms with Crippen LogP contribution in [0.2, 0.25) is 0 Å². The van der Waals surface area contributed by atoms with E-state index in [1.807, 2.05) is 6.92 Å². The van der Waals surface area contributed by atoms with Crippen LogP contribution in [-0.4, -0.2) is 49.6 Å². The van der Waals surface area contributed by atoms with Gasteiger partial charge in [0.2, 0.25) is 5.91 Å². The number of rotatable bonds is 4. The highest BCUT2D eigenvalue weighted by Crippen LogP contribution is 2.67. The number of carbonyl (C=O) groups is 1. The third-order valence-electron chi connectivity index (χ3n) is 5.88. The Morgan fingerprint density at radius 3 is 2.26 bits per heavy atom. The smallest absolute Gasteiger partial charge is 0.237 e. The molecule has 110 valence electrons. The number of amides is 1. The maximum absolute atomic E-state index is 12.2. The van der Waals surface area contributed by atoms with Gasteiger partial charge in [0.1, 0.15) is 0 Å². The molecule has 2 fully saturated rings. The first-order chi connectivity index (χ1) is 8.78. The summed E-state index contributed by atoms with van der Waals surface area (Å²) in [5.41, 5.74) is 0.692. The molecule has 1 unspecified atom stereocenters. The van der Waals surface area contributed by atoms with Crippen LogP contribution in [0, 0.1) is 16.7 Å². The van der Waals surface area contributed by atoms with Gasteiger partial charge in [0.15, 0.2) is 0 Å². The maximum Gasteiger partial charge on any atom is 0.237 e. The highest BCUT2D eigenvalue weighted by molar-refractivity contribution is 5.81. The summed E-state index contributed by atoms with van der Waals surface area (Å²) in [4.78, 5) is 14.5. The second kappa shape index (κ2) is 5.06. The molecule has 0 spiro atoms. The summed E-state index contributed by atoms with van der Waals surface area (Å²) in [6, 6.07) is -0.00734. The van der Waals surface area contributed by atoms with Crippen molar-refractivity contribution in [1.29, 1.82) is 0 Å². The van der Waals surface area contributed by atoms with Gasteiger partial charge < -0.3 is 10.6 Å². The molecule has 0 aromatic heterocycles. The Balaban J connectivity index is 1.79. The number of nitrogens with zero attached hydrogens (tertiary/aromatic N) is 1. The van der Waals surface area contributed by atoms with E-state index in [9.17, 15) is 4.79 Å². The molecule has 0 aromatic rings. The third kappa shape index (κ3) is 2.65. The molecular formula is C15H29N3O. The largest absolute Gasteiger partial charge is 0.354 e. The molecule has 2 aliphatic rings. The molecule has 0 radical (unpaired) electrons. The quantitative estimate of drug-likeness (QED) is 0.801. The molecule has 1 atom stereocenters. The summed E-state index contributed by atoms with van der Waals surface area (Å²) in [7, 11) is 0. The predicted octanol–water partition coefficient (Wildman–Crippen LogP) is 1.08. The van der Waals surface area contributed by atoms with Gasteiger partial charge in [-0.3, -0.25) is 9.69 Å². The number of piperazine rings is 1. The van der Waals surface area contributed by atoms with Crippen LogP contribution in [0.15, 0.2) is 0 Å².